The van der Waals surface area contributed by atoms with Crippen LogP contribution < -0.4 is 9.47 Å². The van der Waals surface area contributed by atoms with Gasteiger partial charge < -0.3 is 9.47 Å². The van der Waals surface area contributed by atoms with Gasteiger partial charge in [-0.3, -0.25) is 0 Å². The molecule has 0 radical (unpaired) electrons. The molecule has 2 nitrogen and oxygen atoms in total. The van der Waals surface area contributed by atoms with Gasteiger partial charge in [0.1, 0.15) is 11.5 Å². The van der Waals surface area contributed by atoms with Gasteiger partial charge in [-0.15, -0.1) is 22.7 Å². The van der Waals surface area contributed by atoms with Crippen LogP contribution in [0.3, 0.4) is 0 Å². The summed E-state index contributed by atoms with van der Waals surface area (Å²) < 4.78 is 13.6. The summed E-state index contributed by atoms with van der Waals surface area (Å²) in [5.41, 5.74) is 12.2. The van der Waals surface area contributed by atoms with Gasteiger partial charge in [0.05, 0.1) is 18.6 Å². The molecule has 0 saturated heterocycles. The minimum Gasteiger partial charge on any atom is -0.493 e. The number of hydrogen-bond acceptors (Lipinski definition) is 4. The standard InChI is InChI=1S/C41H36O2S2/c1-3-5-23-42-33-21-19-29(35-17-11-25-44-35)37-27-13-7-9-15-31(27)41(39(33)37)32-16-10-8-14-28(32)38-30(36-18-12-26-45-36)20-22-34(40(38)41)43-24-6-4-2/h7-22,25-26H,3-6,23-24H2,1-2H3. The van der Waals surface area contributed by atoms with Gasteiger partial charge in [-0.25, -0.2) is 0 Å². The summed E-state index contributed by atoms with van der Waals surface area (Å²) in [5.74, 6) is 1.94. The molecule has 224 valence electrons. The molecule has 2 aliphatic rings. The fourth-order valence-corrected chi connectivity index (χ4v) is 9.02. The van der Waals surface area contributed by atoms with E-state index in [9.17, 15) is 0 Å². The monoisotopic (exact) mass is 624 g/mol. The number of ether oxygens (including phenoxy) is 2. The fourth-order valence-electron chi connectivity index (χ4n) is 7.50. The van der Waals surface area contributed by atoms with Crippen molar-refractivity contribution in [1.82, 2.24) is 0 Å². The molecule has 0 N–H and O–H groups in total. The Bertz CT molecular complexity index is 1840. The summed E-state index contributed by atoms with van der Waals surface area (Å²) in [7, 11) is 0. The first-order chi connectivity index (χ1) is 22.3. The van der Waals surface area contributed by atoms with Crippen LogP contribution in [0.2, 0.25) is 0 Å². The van der Waals surface area contributed by atoms with E-state index in [1.165, 1.54) is 65.4 Å². The van der Waals surface area contributed by atoms with Crippen LogP contribution in [0.1, 0.15) is 61.8 Å². The average Bonchev–Trinajstić information content (AvgIpc) is 3.89. The summed E-state index contributed by atoms with van der Waals surface area (Å²) in [6.45, 7) is 5.83. The first-order valence-corrected chi connectivity index (χ1v) is 17.9. The van der Waals surface area contributed by atoms with Gasteiger partial charge in [0, 0.05) is 32.0 Å². The molecule has 0 fully saturated rings. The van der Waals surface area contributed by atoms with Crippen molar-refractivity contribution in [1.29, 1.82) is 0 Å². The Morgan fingerprint density at radius 3 is 1.40 bits per heavy atom. The van der Waals surface area contributed by atoms with Gasteiger partial charge in [0.25, 0.3) is 0 Å². The van der Waals surface area contributed by atoms with E-state index in [4.69, 9.17) is 9.47 Å². The van der Waals surface area contributed by atoms with Crippen LogP contribution in [0.25, 0.3) is 43.1 Å². The van der Waals surface area contributed by atoms with E-state index in [0.29, 0.717) is 13.2 Å². The van der Waals surface area contributed by atoms with Gasteiger partial charge in [-0.1, -0.05) is 87.4 Å². The summed E-state index contributed by atoms with van der Waals surface area (Å²) in [6.07, 6.45) is 4.21. The van der Waals surface area contributed by atoms with Gasteiger partial charge in [-0.05, 0) is 93.4 Å². The molecule has 4 aromatic carbocycles. The Balaban J connectivity index is 1.54. The maximum absolute atomic E-state index is 6.82. The van der Waals surface area contributed by atoms with Crippen LogP contribution in [-0.2, 0) is 5.41 Å². The average molecular weight is 625 g/mol. The first kappa shape index (κ1) is 28.4. The lowest BCUT2D eigenvalue weighted by Crippen LogP contribution is -2.27. The van der Waals surface area contributed by atoms with Gasteiger partial charge >= 0.3 is 0 Å². The van der Waals surface area contributed by atoms with E-state index in [2.05, 4.69) is 122 Å². The zero-order chi connectivity index (χ0) is 30.4. The van der Waals surface area contributed by atoms with Crippen LogP contribution in [0.5, 0.6) is 11.5 Å². The van der Waals surface area contributed by atoms with Crippen molar-refractivity contribution < 1.29 is 9.47 Å². The topological polar surface area (TPSA) is 18.5 Å². The molecule has 4 heteroatoms. The van der Waals surface area contributed by atoms with Crippen LogP contribution >= 0.6 is 22.7 Å². The number of rotatable bonds is 10. The Kier molecular flexibility index (Phi) is 7.35. The molecule has 1 spiro atoms. The number of thiophene rings is 2. The summed E-state index contributed by atoms with van der Waals surface area (Å²) in [5, 5.41) is 4.36. The van der Waals surface area contributed by atoms with Gasteiger partial charge in [-0.2, -0.15) is 0 Å². The van der Waals surface area contributed by atoms with E-state index in [1.54, 1.807) is 22.7 Å². The molecule has 0 bridgehead atoms. The largest absolute Gasteiger partial charge is 0.493 e. The third kappa shape index (κ3) is 4.26. The second-order valence-electron chi connectivity index (χ2n) is 11.9. The quantitative estimate of drug-likeness (QED) is 0.141. The number of benzene rings is 4. The van der Waals surface area contributed by atoms with Crippen LogP contribution in [0.4, 0.5) is 0 Å². The minimum atomic E-state index is -0.582. The highest BCUT2D eigenvalue weighted by Gasteiger charge is 2.56. The molecule has 0 saturated carbocycles. The maximum Gasteiger partial charge on any atom is 0.124 e. The molecule has 2 aromatic heterocycles. The predicted molar refractivity (Wildman–Crippen MR) is 190 cm³/mol. The van der Waals surface area contributed by atoms with Crippen molar-refractivity contribution in [2.24, 2.45) is 0 Å². The van der Waals surface area contributed by atoms with E-state index in [1.807, 2.05) is 0 Å². The van der Waals surface area contributed by atoms with Gasteiger partial charge in [0.2, 0.25) is 0 Å². The maximum atomic E-state index is 6.82. The fraction of sp³-hybridized carbons (Fsp3) is 0.220. The second kappa shape index (κ2) is 11.7. The molecule has 2 aliphatic carbocycles. The van der Waals surface area contributed by atoms with E-state index in [0.717, 1.165) is 37.2 Å². The minimum absolute atomic E-state index is 0.582. The molecular formula is C41H36O2S2. The Morgan fingerprint density at radius 2 is 0.978 bits per heavy atom. The number of hydrogen-bond donors (Lipinski definition) is 0. The molecule has 0 aliphatic heterocycles. The highest BCUT2D eigenvalue weighted by Crippen LogP contribution is 2.68. The predicted octanol–water partition coefficient (Wildman–Crippen LogP) is 11.8. The molecule has 45 heavy (non-hydrogen) atoms. The van der Waals surface area contributed by atoms with Crippen molar-refractivity contribution in [3.8, 4) is 54.6 Å². The van der Waals surface area contributed by atoms with Crippen molar-refractivity contribution >= 4 is 22.7 Å². The summed E-state index contributed by atoms with van der Waals surface area (Å²) >= 11 is 3.60. The normalized spacial score (nSPS) is 13.4. The highest BCUT2D eigenvalue weighted by molar-refractivity contribution is 7.13. The van der Waals surface area contributed by atoms with Crippen LogP contribution in [0.15, 0.2) is 108 Å². The third-order valence-electron chi connectivity index (χ3n) is 9.37. The van der Waals surface area contributed by atoms with E-state index in [-0.39, 0.29) is 0 Å². The third-order valence-corrected chi connectivity index (χ3v) is 11.2. The van der Waals surface area contributed by atoms with Crippen molar-refractivity contribution in [2.75, 3.05) is 13.2 Å². The number of unbranched alkanes of at least 4 members (excludes halogenated alkanes) is 2. The lowest BCUT2D eigenvalue weighted by molar-refractivity contribution is 0.299. The molecule has 6 aromatic rings. The van der Waals surface area contributed by atoms with E-state index < -0.39 is 5.41 Å². The van der Waals surface area contributed by atoms with Crippen molar-refractivity contribution in [3.63, 3.8) is 0 Å². The molecule has 0 atom stereocenters. The molecule has 8 rings (SSSR count). The first-order valence-electron chi connectivity index (χ1n) is 16.2. The zero-order valence-corrected chi connectivity index (χ0v) is 27.4. The van der Waals surface area contributed by atoms with Crippen molar-refractivity contribution in [3.05, 3.63) is 130 Å². The summed E-state index contributed by atoms with van der Waals surface area (Å²) in [6, 6.07) is 36.0. The lowest BCUT2D eigenvalue weighted by Gasteiger charge is -2.33. The van der Waals surface area contributed by atoms with Gasteiger partial charge in [0.15, 0.2) is 0 Å². The van der Waals surface area contributed by atoms with Crippen molar-refractivity contribution in [2.45, 2.75) is 44.9 Å². The molecular weight excluding hydrogens is 589 g/mol. The van der Waals surface area contributed by atoms with Crippen LogP contribution in [-0.4, -0.2) is 13.2 Å². The lowest BCUT2D eigenvalue weighted by atomic mass is 9.69. The Labute approximate surface area is 273 Å². The molecule has 0 amide bonds. The number of fused-ring (bicyclic) bond motifs is 10. The second-order valence-corrected chi connectivity index (χ2v) is 13.8. The molecule has 2 heterocycles. The Hall–Kier alpha value is -4.12. The Morgan fingerprint density at radius 1 is 0.511 bits per heavy atom. The summed E-state index contributed by atoms with van der Waals surface area (Å²) in [4.78, 5) is 2.55. The van der Waals surface area contributed by atoms with E-state index >= 15 is 0 Å². The zero-order valence-electron chi connectivity index (χ0n) is 25.8. The van der Waals surface area contributed by atoms with Crippen LogP contribution in [0, 0.1) is 0 Å². The highest BCUT2D eigenvalue weighted by atomic mass is 32.1. The smallest absolute Gasteiger partial charge is 0.124 e. The molecule has 0 unspecified atom stereocenters. The SMILES string of the molecule is CCCCOc1ccc(-c2cccs2)c2c1C1(c3ccccc3-2)c2ccccc2-c2c(-c3cccs3)ccc(OCCCC)c21.